The number of aromatic nitrogens is 2. The van der Waals surface area contributed by atoms with Gasteiger partial charge in [0.1, 0.15) is 0 Å². The lowest BCUT2D eigenvalue weighted by Crippen LogP contribution is -2.47. The fraction of sp³-hybridized carbons (Fsp3) is 0.438. The summed E-state index contributed by atoms with van der Waals surface area (Å²) < 4.78 is 0. The molecule has 2 rings (SSSR count). The fourth-order valence-corrected chi connectivity index (χ4v) is 2.60. The number of carbonyl (C=O) groups is 1. The van der Waals surface area contributed by atoms with Crippen LogP contribution < -0.4 is 10.9 Å². The van der Waals surface area contributed by atoms with Crippen LogP contribution in [0.2, 0.25) is 0 Å². The fourth-order valence-electron chi connectivity index (χ4n) is 2.60. The largest absolute Gasteiger partial charge is 0.345 e. The predicted octanol–water partition coefficient (Wildman–Crippen LogP) is 2.62. The van der Waals surface area contributed by atoms with Crippen LogP contribution in [0.3, 0.4) is 0 Å². The summed E-state index contributed by atoms with van der Waals surface area (Å²) in [6.07, 6.45) is 2.56. The molecule has 0 fully saturated rings. The Morgan fingerprint density at radius 1 is 1.14 bits per heavy atom. The van der Waals surface area contributed by atoms with Crippen LogP contribution in [0.5, 0.6) is 0 Å². The van der Waals surface area contributed by atoms with Crippen LogP contribution >= 0.6 is 0 Å². The number of nitrogens with zero attached hydrogens (tertiary/aromatic N) is 1. The molecule has 0 unspecified atom stereocenters. The van der Waals surface area contributed by atoms with Gasteiger partial charge in [0.15, 0.2) is 5.69 Å². The second-order valence-electron chi connectivity index (χ2n) is 5.24. The van der Waals surface area contributed by atoms with Gasteiger partial charge < -0.3 is 5.32 Å². The number of fused-ring (bicyclic) bond motifs is 1. The van der Waals surface area contributed by atoms with E-state index in [1.54, 1.807) is 24.3 Å². The Kier molecular flexibility index (Phi) is 4.40. The molecule has 0 aliphatic rings. The Balaban J connectivity index is 2.45. The highest BCUT2D eigenvalue weighted by atomic mass is 16.2. The molecular formula is C16H21N3O2. The van der Waals surface area contributed by atoms with Crippen molar-refractivity contribution >= 4 is 16.7 Å². The lowest BCUT2D eigenvalue weighted by atomic mass is 9.89. The van der Waals surface area contributed by atoms with Gasteiger partial charge in [-0.1, -0.05) is 39.0 Å². The molecule has 1 aromatic carbocycles. The van der Waals surface area contributed by atoms with E-state index in [1.165, 1.54) is 0 Å². The van der Waals surface area contributed by atoms with Crippen molar-refractivity contribution in [2.75, 3.05) is 0 Å². The predicted molar refractivity (Wildman–Crippen MR) is 83.4 cm³/mol. The number of hydrogen-bond donors (Lipinski definition) is 2. The minimum absolute atomic E-state index is 0.226. The molecule has 5 nitrogen and oxygen atoms in total. The molecule has 0 aliphatic carbocycles. The van der Waals surface area contributed by atoms with Gasteiger partial charge in [0.05, 0.1) is 5.39 Å². The third kappa shape index (κ3) is 2.82. The standard InChI is InChI=1S/C16H21N3O2/c1-4-16(5-2,6-3)17-15(21)13-11-9-7-8-10-12(11)14(20)19-18-13/h7-10H,4-6H2,1-3H3,(H,17,21)(H,19,20). The van der Waals surface area contributed by atoms with E-state index in [0.29, 0.717) is 10.8 Å². The van der Waals surface area contributed by atoms with Gasteiger partial charge in [0.25, 0.3) is 11.5 Å². The molecule has 0 aliphatic heterocycles. The Labute approximate surface area is 123 Å². The van der Waals surface area contributed by atoms with Crippen molar-refractivity contribution in [1.82, 2.24) is 15.5 Å². The number of H-pyrrole nitrogens is 1. The number of benzene rings is 1. The number of carbonyl (C=O) groups excluding carboxylic acids is 1. The Morgan fingerprint density at radius 2 is 1.71 bits per heavy atom. The third-order valence-electron chi connectivity index (χ3n) is 4.32. The van der Waals surface area contributed by atoms with Gasteiger partial charge in [-0.15, -0.1) is 0 Å². The van der Waals surface area contributed by atoms with Gasteiger partial charge in [-0.3, -0.25) is 9.59 Å². The second-order valence-corrected chi connectivity index (χ2v) is 5.24. The average molecular weight is 287 g/mol. The first kappa shape index (κ1) is 15.2. The molecule has 0 radical (unpaired) electrons. The maximum Gasteiger partial charge on any atom is 0.272 e. The third-order valence-corrected chi connectivity index (χ3v) is 4.32. The Hall–Kier alpha value is -2.17. The maximum absolute atomic E-state index is 12.6. The van der Waals surface area contributed by atoms with Crippen LogP contribution in [0, 0.1) is 0 Å². The van der Waals surface area contributed by atoms with Crippen LogP contribution in [-0.2, 0) is 0 Å². The van der Waals surface area contributed by atoms with Gasteiger partial charge in [0, 0.05) is 10.9 Å². The zero-order valence-electron chi connectivity index (χ0n) is 12.7. The van der Waals surface area contributed by atoms with Gasteiger partial charge >= 0.3 is 0 Å². The number of amides is 1. The summed E-state index contributed by atoms with van der Waals surface area (Å²) in [5.74, 6) is -0.243. The first-order valence-electron chi connectivity index (χ1n) is 7.36. The van der Waals surface area contributed by atoms with Crippen molar-refractivity contribution in [2.45, 2.75) is 45.6 Å². The number of hydrogen-bond acceptors (Lipinski definition) is 3. The molecule has 0 saturated carbocycles. The minimum Gasteiger partial charge on any atom is -0.345 e. The topological polar surface area (TPSA) is 74.8 Å². The van der Waals surface area contributed by atoms with Crippen molar-refractivity contribution in [3.63, 3.8) is 0 Å². The highest BCUT2D eigenvalue weighted by molar-refractivity contribution is 6.04. The highest BCUT2D eigenvalue weighted by Gasteiger charge is 2.27. The van der Waals surface area contributed by atoms with E-state index < -0.39 is 0 Å². The molecule has 0 bridgehead atoms. The smallest absolute Gasteiger partial charge is 0.272 e. The summed E-state index contributed by atoms with van der Waals surface area (Å²) in [7, 11) is 0. The Bertz CT molecular complexity index is 694. The molecular weight excluding hydrogens is 266 g/mol. The lowest BCUT2D eigenvalue weighted by Gasteiger charge is -2.31. The van der Waals surface area contributed by atoms with Crippen molar-refractivity contribution in [3.05, 3.63) is 40.3 Å². The summed E-state index contributed by atoms with van der Waals surface area (Å²) >= 11 is 0. The zero-order valence-corrected chi connectivity index (χ0v) is 12.7. The van der Waals surface area contributed by atoms with Crippen LogP contribution in [0.1, 0.15) is 50.5 Å². The molecule has 2 aromatic rings. The Morgan fingerprint density at radius 3 is 2.29 bits per heavy atom. The zero-order chi connectivity index (χ0) is 15.5. The van der Waals surface area contributed by atoms with Crippen LogP contribution in [-0.4, -0.2) is 21.6 Å². The van der Waals surface area contributed by atoms with E-state index in [9.17, 15) is 9.59 Å². The van der Waals surface area contributed by atoms with E-state index in [1.807, 2.05) is 0 Å². The molecule has 21 heavy (non-hydrogen) atoms. The van der Waals surface area contributed by atoms with Gasteiger partial charge in [0.2, 0.25) is 0 Å². The number of aromatic amines is 1. The molecule has 5 heteroatoms. The summed E-state index contributed by atoms with van der Waals surface area (Å²) in [5.41, 5.74) is -0.240. The molecule has 1 amide bonds. The van der Waals surface area contributed by atoms with E-state index in [0.717, 1.165) is 19.3 Å². The molecule has 1 heterocycles. The SMILES string of the molecule is CCC(CC)(CC)NC(=O)c1n[nH]c(=O)c2ccccc12. The number of rotatable bonds is 5. The summed E-state index contributed by atoms with van der Waals surface area (Å²) in [6, 6.07) is 7.01. The first-order valence-corrected chi connectivity index (χ1v) is 7.36. The van der Waals surface area contributed by atoms with Gasteiger partial charge in [-0.2, -0.15) is 5.10 Å². The quantitative estimate of drug-likeness (QED) is 0.887. The van der Waals surface area contributed by atoms with E-state index in [-0.39, 0.29) is 22.7 Å². The van der Waals surface area contributed by atoms with Crippen molar-refractivity contribution in [2.24, 2.45) is 0 Å². The minimum atomic E-state index is -0.283. The summed E-state index contributed by atoms with van der Waals surface area (Å²) in [4.78, 5) is 24.3. The molecule has 0 atom stereocenters. The summed E-state index contributed by atoms with van der Waals surface area (Å²) in [6.45, 7) is 6.18. The van der Waals surface area contributed by atoms with Crippen LogP contribution in [0.4, 0.5) is 0 Å². The second kappa shape index (κ2) is 6.08. The van der Waals surface area contributed by atoms with Crippen molar-refractivity contribution in [1.29, 1.82) is 0 Å². The van der Waals surface area contributed by atoms with Gasteiger partial charge in [-0.05, 0) is 25.3 Å². The van der Waals surface area contributed by atoms with Gasteiger partial charge in [-0.25, -0.2) is 5.10 Å². The molecule has 2 N–H and O–H groups in total. The van der Waals surface area contributed by atoms with Crippen LogP contribution in [0.15, 0.2) is 29.1 Å². The molecule has 0 saturated heterocycles. The normalized spacial score (nSPS) is 11.6. The van der Waals surface area contributed by atoms with E-state index >= 15 is 0 Å². The van der Waals surface area contributed by atoms with E-state index in [2.05, 4.69) is 36.3 Å². The lowest BCUT2D eigenvalue weighted by molar-refractivity contribution is 0.0884. The highest BCUT2D eigenvalue weighted by Crippen LogP contribution is 2.21. The molecule has 1 aromatic heterocycles. The van der Waals surface area contributed by atoms with E-state index in [4.69, 9.17) is 0 Å². The summed E-state index contributed by atoms with van der Waals surface area (Å²) in [5, 5.41) is 10.5. The average Bonchev–Trinajstić information content (AvgIpc) is 2.53. The maximum atomic E-state index is 12.6. The van der Waals surface area contributed by atoms with Crippen molar-refractivity contribution < 1.29 is 4.79 Å². The molecule has 112 valence electrons. The van der Waals surface area contributed by atoms with Crippen molar-refractivity contribution in [3.8, 4) is 0 Å². The van der Waals surface area contributed by atoms with Crippen LogP contribution in [0.25, 0.3) is 10.8 Å². The molecule has 0 spiro atoms. The monoisotopic (exact) mass is 287 g/mol. The number of nitrogens with one attached hydrogen (secondary N) is 2. The first-order chi connectivity index (χ1) is 10.1.